The molecule has 1 unspecified atom stereocenters. The lowest BCUT2D eigenvalue weighted by Crippen LogP contribution is -2.43. The summed E-state index contributed by atoms with van der Waals surface area (Å²) >= 11 is 1.70. The Hall–Kier alpha value is -0.660. The molecule has 17 heavy (non-hydrogen) atoms. The van der Waals surface area contributed by atoms with Crippen LogP contribution >= 0.6 is 11.8 Å². The Kier molecular flexibility index (Phi) is 10.1. The second-order valence-corrected chi connectivity index (χ2v) is 5.51. The second kappa shape index (κ2) is 10.5. The summed E-state index contributed by atoms with van der Waals surface area (Å²) < 4.78 is 0. The van der Waals surface area contributed by atoms with Crippen molar-refractivity contribution >= 4 is 17.7 Å². The van der Waals surface area contributed by atoms with Gasteiger partial charge in [0.2, 0.25) is 5.91 Å². The standard InChI is InChI=1S/C13H24N2OS/c1-5-9-17-10-8-14-12(4)13(16)15-7-6-11(2)3/h1,11-12,14H,6-10H2,2-4H3,(H,15,16). The first kappa shape index (κ1) is 16.3. The van der Waals surface area contributed by atoms with Gasteiger partial charge in [-0.15, -0.1) is 18.2 Å². The van der Waals surface area contributed by atoms with Gasteiger partial charge >= 0.3 is 0 Å². The van der Waals surface area contributed by atoms with Crippen LogP contribution in [0.4, 0.5) is 0 Å². The molecular formula is C13H24N2OS. The minimum atomic E-state index is -0.131. The molecule has 0 rings (SSSR count). The maximum atomic E-state index is 11.6. The Labute approximate surface area is 110 Å². The van der Waals surface area contributed by atoms with Crippen molar-refractivity contribution in [2.75, 3.05) is 24.6 Å². The van der Waals surface area contributed by atoms with Gasteiger partial charge in [0.1, 0.15) is 0 Å². The van der Waals surface area contributed by atoms with Crippen LogP contribution in [0.3, 0.4) is 0 Å². The SMILES string of the molecule is C#CCSCCNC(C)C(=O)NCCC(C)C. The zero-order chi connectivity index (χ0) is 13.1. The van der Waals surface area contributed by atoms with Crippen LogP contribution in [0, 0.1) is 18.3 Å². The summed E-state index contributed by atoms with van der Waals surface area (Å²) in [6.07, 6.45) is 6.17. The predicted octanol–water partition coefficient (Wildman–Crippen LogP) is 1.49. The maximum absolute atomic E-state index is 11.6. The number of thioether (sulfide) groups is 1. The highest BCUT2D eigenvalue weighted by atomic mass is 32.2. The van der Waals surface area contributed by atoms with Crippen molar-refractivity contribution in [1.82, 2.24) is 10.6 Å². The zero-order valence-corrected chi connectivity index (χ0v) is 11.9. The van der Waals surface area contributed by atoms with Crippen molar-refractivity contribution in [3.05, 3.63) is 0 Å². The lowest BCUT2D eigenvalue weighted by Gasteiger charge is -2.14. The number of rotatable bonds is 9. The van der Waals surface area contributed by atoms with Crippen LogP contribution in [-0.2, 0) is 4.79 Å². The molecule has 0 aromatic carbocycles. The average Bonchev–Trinajstić information content (AvgIpc) is 2.27. The van der Waals surface area contributed by atoms with Crippen LogP contribution in [0.5, 0.6) is 0 Å². The van der Waals surface area contributed by atoms with E-state index in [1.807, 2.05) is 6.92 Å². The topological polar surface area (TPSA) is 41.1 Å². The van der Waals surface area contributed by atoms with E-state index in [0.29, 0.717) is 5.92 Å². The van der Waals surface area contributed by atoms with Crippen LogP contribution in [0.25, 0.3) is 0 Å². The Morgan fingerprint density at radius 1 is 1.35 bits per heavy atom. The molecule has 0 bridgehead atoms. The Balaban J connectivity index is 3.51. The molecule has 0 aromatic heterocycles. The van der Waals surface area contributed by atoms with Crippen LogP contribution < -0.4 is 10.6 Å². The molecule has 0 aromatic rings. The van der Waals surface area contributed by atoms with Crippen molar-refractivity contribution in [1.29, 1.82) is 0 Å². The van der Waals surface area contributed by atoms with Gasteiger partial charge in [-0.05, 0) is 19.3 Å². The molecule has 1 atom stereocenters. The molecule has 0 spiro atoms. The van der Waals surface area contributed by atoms with Crippen molar-refractivity contribution in [2.45, 2.75) is 33.2 Å². The van der Waals surface area contributed by atoms with Gasteiger partial charge in [-0.1, -0.05) is 19.8 Å². The first-order chi connectivity index (χ1) is 8.07. The number of hydrogen-bond acceptors (Lipinski definition) is 3. The highest BCUT2D eigenvalue weighted by Gasteiger charge is 2.10. The van der Waals surface area contributed by atoms with Crippen LogP contribution in [-0.4, -0.2) is 36.5 Å². The molecule has 98 valence electrons. The largest absolute Gasteiger partial charge is 0.355 e. The van der Waals surface area contributed by atoms with Crippen molar-refractivity contribution in [2.24, 2.45) is 5.92 Å². The third-order valence-electron chi connectivity index (χ3n) is 2.30. The first-order valence-corrected chi connectivity index (χ1v) is 7.25. The normalized spacial score (nSPS) is 12.2. The maximum Gasteiger partial charge on any atom is 0.236 e. The Bertz CT molecular complexity index is 248. The molecule has 0 aliphatic carbocycles. The lowest BCUT2D eigenvalue weighted by molar-refractivity contribution is -0.122. The van der Waals surface area contributed by atoms with E-state index in [1.165, 1.54) is 0 Å². The number of terminal acetylenes is 1. The molecule has 0 fully saturated rings. The Morgan fingerprint density at radius 3 is 2.65 bits per heavy atom. The average molecular weight is 256 g/mol. The fraction of sp³-hybridized carbons (Fsp3) is 0.769. The summed E-state index contributed by atoms with van der Waals surface area (Å²) in [6, 6.07) is -0.131. The first-order valence-electron chi connectivity index (χ1n) is 6.10. The number of amides is 1. The second-order valence-electron chi connectivity index (χ2n) is 4.41. The molecular weight excluding hydrogens is 232 g/mol. The molecule has 0 aliphatic heterocycles. The summed E-state index contributed by atoms with van der Waals surface area (Å²) in [7, 11) is 0. The molecule has 0 heterocycles. The van der Waals surface area contributed by atoms with Gasteiger partial charge in [0.15, 0.2) is 0 Å². The summed E-state index contributed by atoms with van der Waals surface area (Å²) in [6.45, 7) is 7.75. The Morgan fingerprint density at radius 2 is 2.06 bits per heavy atom. The molecule has 0 aliphatic rings. The van der Waals surface area contributed by atoms with Gasteiger partial charge in [-0.3, -0.25) is 4.79 Å². The van der Waals surface area contributed by atoms with Crippen LogP contribution in [0.2, 0.25) is 0 Å². The summed E-state index contributed by atoms with van der Waals surface area (Å²) in [5.41, 5.74) is 0. The van der Waals surface area contributed by atoms with Gasteiger partial charge in [-0.25, -0.2) is 0 Å². The van der Waals surface area contributed by atoms with Crippen molar-refractivity contribution in [3.63, 3.8) is 0 Å². The fourth-order valence-corrected chi connectivity index (χ4v) is 1.73. The molecule has 2 N–H and O–H groups in total. The number of carbonyl (C=O) groups excluding carboxylic acids is 1. The fourth-order valence-electron chi connectivity index (χ4n) is 1.21. The van der Waals surface area contributed by atoms with E-state index in [0.717, 1.165) is 31.0 Å². The van der Waals surface area contributed by atoms with E-state index in [9.17, 15) is 4.79 Å². The monoisotopic (exact) mass is 256 g/mol. The van der Waals surface area contributed by atoms with Crippen molar-refractivity contribution in [3.8, 4) is 12.3 Å². The molecule has 0 radical (unpaired) electrons. The summed E-state index contributed by atoms with van der Waals surface area (Å²) in [5, 5.41) is 6.10. The van der Waals surface area contributed by atoms with E-state index in [2.05, 4.69) is 30.4 Å². The highest BCUT2D eigenvalue weighted by molar-refractivity contribution is 7.99. The zero-order valence-electron chi connectivity index (χ0n) is 11.1. The van der Waals surface area contributed by atoms with E-state index in [1.54, 1.807) is 11.8 Å². The van der Waals surface area contributed by atoms with Crippen molar-refractivity contribution < 1.29 is 4.79 Å². The molecule has 0 saturated heterocycles. The van der Waals surface area contributed by atoms with E-state index < -0.39 is 0 Å². The van der Waals surface area contributed by atoms with Gasteiger partial charge in [0.25, 0.3) is 0 Å². The van der Waals surface area contributed by atoms with Crippen LogP contribution in [0.15, 0.2) is 0 Å². The van der Waals surface area contributed by atoms with Gasteiger partial charge in [-0.2, -0.15) is 0 Å². The van der Waals surface area contributed by atoms with Gasteiger partial charge in [0.05, 0.1) is 11.8 Å². The molecule has 1 amide bonds. The number of carbonyl (C=O) groups is 1. The van der Waals surface area contributed by atoms with Crippen LogP contribution in [0.1, 0.15) is 27.2 Å². The quantitative estimate of drug-likeness (QED) is 0.485. The third kappa shape index (κ3) is 10.2. The van der Waals surface area contributed by atoms with E-state index in [-0.39, 0.29) is 11.9 Å². The number of hydrogen-bond donors (Lipinski definition) is 2. The van der Waals surface area contributed by atoms with Gasteiger partial charge in [0, 0.05) is 18.8 Å². The minimum absolute atomic E-state index is 0.0765. The third-order valence-corrected chi connectivity index (χ3v) is 3.16. The minimum Gasteiger partial charge on any atom is -0.355 e. The summed E-state index contributed by atoms with van der Waals surface area (Å²) in [5.74, 6) is 4.94. The summed E-state index contributed by atoms with van der Waals surface area (Å²) in [4.78, 5) is 11.6. The van der Waals surface area contributed by atoms with E-state index in [4.69, 9.17) is 6.42 Å². The highest BCUT2D eigenvalue weighted by Crippen LogP contribution is 1.97. The smallest absolute Gasteiger partial charge is 0.236 e. The van der Waals surface area contributed by atoms with Gasteiger partial charge < -0.3 is 10.6 Å². The van der Waals surface area contributed by atoms with E-state index >= 15 is 0 Å². The molecule has 4 heteroatoms. The molecule has 0 saturated carbocycles. The number of nitrogens with one attached hydrogen (secondary N) is 2. The molecule has 3 nitrogen and oxygen atoms in total. The lowest BCUT2D eigenvalue weighted by atomic mass is 10.1. The predicted molar refractivity (Wildman–Crippen MR) is 76.1 cm³/mol.